The van der Waals surface area contributed by atoms with Gasteiger partial charge in [0, 0.05) is 49.4 Å². The Hall–Kier alpha value is -4.21. The van der Waals surface area contributed by atoms with Crippen molar-refractivity contribution < 1.29 is 47.7 Å². The maximum absolute atomic E-state index is 14.0. The van der Waals surface area contributed by atoms with Gasteiger partial charge in [-0.25, -0.2) is 0 Å². The van der Waals surface area contributed by atoms with Crippen molar-refractivity contribution in [2.45, 2.75) is 66.9 Å². The quantitative estimate of drug-likeness (QED) is 0.438. The zero-order chi connectivity index (χ0) is 27.6. The van der Waals surface area contributed by atoms with E-state index >= 15 is 0 Å². The van der Waals surface area contributed by atoms with Crippen LogP contribution >= 0.6 is 0 Å². The van der Waals surface area contributed by atoms with E-state index in [0.717, 1.165) is 13.8 Å². The van der Waals surface area contributed by atoms with Crippen LogP contribution in [0.15, 0.2) is 11.8 Å². The summed E-state index contributed by atoms with van der Waals surface area (Å²) in [5.41, 5.74) is 0.271. The van der Waals surface area contributed by atoms with Crippen molar-refractivity contribution in [2.75, 3.05) is 0 Å². The first kappa shape index (κ1) is 25.9. The van der Waals surface area contributed by atoms with Gasteiger partial charge in [0.25, 0.3) is 0 Å². The van der Waals surface area contributed by atoms with Crippen LogP contribution in [0.3, 0.4) is 0 Å². The number of hydrogen-bond acceptors (Lipinski definition) is 10. The molecule has 1 atom stereocenters. The Kier molecular flexibility index (Phi) is 6.10. The SMILES string of the molecule is CC(=O)OC1=C(OC(C)=O)c2c(OC(C)=O)cc(C)c3c4c(c(OC(C)=O)c(c23)C1=O)C(C)(C)C(C)O4. The van der Waals surface area contributed by atoms with E-state index in [0.29, 0.717) is 22.3 Å². The number of allylic oxidation sites excluding steroid dienone is 1. The first-order valence-electron chi connectivity index (χ1n) is 11.5. The van der Waals surface area contributed by atoms with E-state index in [2.05, 4.69) is 0 Å². The van der Waals surface area contributed by atoms with Gasteiger partial charge in [0.2, 0.25) is 11.5 Å². The molecule has 0 N–H and O–H groups in total. The number of hydrogen-bond donors (Lipinski definition) is 0. The molecule has 2 aromatic rings. The fraction of sp³-hybridized carbons (Fsp3) is 0.370. The molecule has 0 radical (unpaired) electrons. The molecule has 0 bridgehead atoms. The van der Waals surface area contributed by atoms with Crippen LogP contribution in [0.1, 0.15) is 75.5 Å². The summed E-state index contributed by atoms with van der Waals surface area (Å²) in [7, 11) is 0. The highest BCUT2D eigenvalue weighted by molar-refractivity contribution is 6.28. The molecule has 1 unspecified atom stereocenters. The molecule has 2 aliphatic rings. The number of ketones is 1. The van der Waals surface area contributed by atoms with E-state index in [1.165, 1.54) is 13.8 Å². The molecule has 0 fully saturated rings. The predicted molar refractivity (Wildman–Crippen MR) is 129 cm³/mol. The van der Waals surface area contributed by atoms with Gasteiger partial charge in [-0.05, 0) is 25.5 Å². The van der Waals surface area contributed by atoms with Crippen LogP contribution in [0, 0.1) is 6.92 Å². The lowest BCUT2D eigenvalue weighted by molar-refractivity contribution is -0.138. The molecule has 194 valence electrons. The molecule has 0 amide bonds. The largest absolute Gasteiger partial charge is 0.489 e. The molecular formula is C27H26O10. The van der Waals surface area contributed by atoms with Gasteiger partial charge in [-0.15, -0.1) is 0 Å². The standard InChI is InChI=1S/C27H26O10/c1-10-9-16(34-12(3)28)18-19-17(10)23-21(27(7,8)11(2)33-23)24(35-13(4)29)20(19)22(32)26(37-15(6)31)25(18)36-14(5)30/h9,11H,1-8H3. The smallest absolute Gasteiger partial charge is 0.308 e. The Morgan fingerprint density at radius 2 is 1.35 bits per heavy atom. The lowest BCUT2D eigenvalue weighted by Gasteiger charge is -2.28. The molecular weight excluding hydrogens is 484 g/mol. The molecule has 10 nitrogen and oxygen atoms in total. The highest BCUT2D eigenvalue weighted by Gasteiger charge is 2.48. The second kappa shape index (κ2) is 8.72. The van der Waals surface area contributed by atoms with Crippen LogP contribution in [-0.2, 0) is 34.1 Å². The number of carbonyl (C=O) groups is 5. The number of esters is 4. The molecule has 37 heavy (non-hydrogen) atoms. The summed E-state index contributed by atoms with van der Waals surface area (Å²) >= 11 is 0. The van der Waals surface area contributed by atoms with Gasteiger partial charge in [0.05, 0.1) is 11.1 Å². The summed E-state index contributed by atoms with van der Waals surface area (Å²) in [5, 5.41) is 0.650. The number of carbonyl (C=O) groups excluding carboxylic acids is 5. The Bertz CT molecular complexity index is 1470. The van der Waals surface area contributed by atoms with Gasteiger partial charge >= 0.3 is 23.9 Å². The fourth-order valence-corrected chi connectivity index (χ4v) is 4.76. The van der Waals surface area contributed by atoms with Crippen LogP contribution < -0.4 is 14.2 Å². The first-order chi connectivity index (χ1) is 17.2. The van der Waals surface area contributed by atoms with Crippen LogP contribution in [0.4, 0.5) is 0 Å². The Balaban J connectivity index is 2.32. The maximum Gasteiger partial charge on any atom is 0.308 e. The van der Waals surface area contributed by atoms with Gasteiger partial charge in [0.1, 0.15) is 23.4 Å². The minimum Gasteiger partial charge on any atom is -0.489 e. The molecule has 0 saturated carbocycles. The molecule has 0 aromatic heterocycles. The summed E-state index contributed by atoms with van der Waals surface area (Å²) in [6.45, 7) is 11.9. The van der Waals surface area contributed by atoms with Crippen LogP contribution in [0.25, 0.3) is 16.5 Å². The van der Waals surface area contributed by atoms with Gasteiger partial charge < -0.3 is 23.7 Å². The van der Waals surface area contributed by atoms with Gasteiger partial charge in [0.15, 0.2) is 5.76 Å². The molecule has 1 aliphatic carbocycles. The summed E-state index contributed by atoms with van der Waals surface area (Å²) in [4.78, 5) is 62.4. The van der Waals surface area contributed by atoms with E-state index in [9.17, 15) is 24.0 Å². The van der Waals surface area contributed by atoms with Crippen LogP contribution in [0.5, 0.6) is 17.2 Å². The molecule has 1 heterocycles. The summed E-state index contributed by atoms with van der Waals surface area (Å²) in [6.07, 6.45) is -0.379. The zero-order valence-corrected chi connectivity index (χ0v) is 21.7. The Morgan fingerprint density at radius 3 is 1.89 bits per heavy atom. The number of Topliss-reactive ketones (excluding diaryl/α,β-unsaturated/α-hetero) is 1. The number of rotatable bonds is 4. The van der Waals surface area contributed by atoms with E-state index in [1.807, 2.05) is 20.8 Å². The summed E-state index contributed by atoms with van der Waals surface area (Å²) < 4.78 is 28.0. The third kappa shape index (κ3) is 4.02. The minimum absolute atomic E-state index is 0.00834. The number of aryl methyl sites for hydroxylation is 1. The monoisotopic (exact) mass is 510 g/mol. The molecule has 0 saturated heterocycles. The summed E-state index contributed by atoms with van der Waals surface area (Å²) in [5.74, 6) is -4.65. The normalized spacial score (nSPS) is 17.2. The molecule has 10 heteroatoms. The second-order valence-corrected chi connectivity index (χ2v) is 9.57. The average molecular weight is 510 g/mol. The zero-order valence-electron chi connectivity index (χ0n) is 21.7. The molecule has 4 rings (SSSR count). The van der Waals surface area contributed by atoms with E-state index in [-0.39, 0.29) is 34.1 Å². The third-order valence-corrected chi connectivity index (χ3v) is 6.46. The second-order valence-electron chi connectivity index (χ2n) is 9.57. The van der Waals surface area contributed by atoms with Crippen molar-refractivity contribution in [3.63, 3.8) is 0 Å². The first-order valence-corrected chi connectivity index (χ1v) is 11.5. The van der Waals surface area contributed by atoms with Crippen molar-refractivity contribution in [3.05, 3.63) is 34.1 Å². The van der Waals surface area contributed by atoms with Crippen molar-refractivity contribution >= 4 is 46.2 Å². The maximum atomic E-state index is 14.0. The Morgan fingerprint density at radius 1 is 0.811 bits per heavy atom. The molecule has 1 aliphatic heterocycles. The van der Waals surface area contributed by atoms with Crippen molar-refractivity contribution in [1.29, 1.82) is 0 Å². The minimum atomic E-state index is -0.860. The van der Waals surface area contributed by atoms with Gasteiger partial charge in [-0.1, -0.05) is 13.8 Å². The average Bonchev–Trinajstić information content (AvgIpc) is 2.97. The number of fused-ring (bicyclic) bond motifs is 2. The third-order valence-electron chi connectivity index (χ3n) is 6.46. The highest BCUT2D eigenvalue weighted by Crippen LogP contribution is 2.58. The van der Waals surface area contributed by atoms with Gasteiger partial charge in [-0.3, -0.25) is 24.0 Å². The Labute approximate surface area is 212 Å². The van der Waals surface area contributed by atoms with Crippen LogP contribution in [-0.4, -0.2) is 35.8 Å². The highest BCUT2D eigenvalue weighted by atomic mass is 16.6. The lowest BCUT2D eigenvalue weighted by Crippen LogP contribution is -2.30. The van der Waals surface area contributed by atoms with Gasteiger partial charge in [-0.2, -0.15) is 0 Å². The fourth-order valence-electron chi connectivity index (χ4n) is 4.76. The van der Waals surface area contributed by atoms with Crippen LogP contribution in [0.2, 0.25) is 0 Å². The number of benzene rings is 2. The van der Waals surface area contributed by atoms with Crippen molar-refractivity contribution in [2.24, 2.45) is 0 Å². The summed E-state index contributed by atoms with van der Waals surface area (Å²) in [6, 6.07) is 1.54. The lowest BCUT2D eigenvalue weighted by atomic mass is 9.76. The number of ether oxygens (including phenoxy) is 5. The topological polar surface area (TPSA) is 132 Å². The molecule has 0 spiro atoms. The molecule has 2 aromatic carbocycles. The van der Waals surface area contributed by atoms with E-state index in [4.69, 9.17) is 23.7 Å². The van der Waals surface area contributed by atoms with Crippen molar-refractivity contribution in [3.8, 4) is 17.2 Å². The van der Waals surface area contributed by atoms with E-state index < -0.39 is 46.6 Å². The predicted octanol–water partition coefficient (Wildman–Crippen LogP) is 4.05. The van der Waals surface area contributed by atoms with Crippen molar-refractivity contribution in [1.82, 2.24) is 0 Å². The van der Waals surface area contributed by atoms with E-state index in [1.54, 1.807) is 13.0 Å².